The lowest BCUT2D eigenvalue weighted by molar-refractivity contribution is -0.122. The molecule has 1 aliphatic heterocycles. The molecule has 7 heteroatoms. The molecule has 0 bridgehead atoms. The van der Waals surface area contributed by atoms with Crippen molar-refractivity contribution >= 4 is 5.91 Å². The number of hydrazine groups is 1. The highest BCUT2D eigenvalue weighted by Gasteiger charge is 2.31. The summed E-state index contributed by atoms with van der Waals surface area (Å²) in [6.45, 7) is 2.39. The van der Waals surface area contributed by atoms with Crippen molar-refractivity contribution in [2.75, 3.05) is 6.54 Å². The van der Waals surface area contributed by atoms with E-state index in [1.54, 1.807) is 6.20 Å². The summed E-state index contributed by atoms with van der Waals surface area (Å²) in [6.07, 6.45) is 2.97. The van der Waals surface area contributed by atoms with Crippen LogP contribution in [0.2, 0.25) is 0 Å². The molecule has 0 spiro atoms. The molecule has 0 aliphatic carbocycles. The van der Waals surface area contributed by atoms with Crippen molar-refractivity contribution in [1.82, 2.24) is 26.1 Å². The number of amides is 1. The number of aryl methyl sites for hydroxylation is 1. The maximum Gasteiger partial charge on any atom is 0.238 e. The summed E-state index contributed by atoms with van der Waals surface area (Å²) in [7, 11) is 0. The highest BCUT2D eigenvalue weighted by molar-refractivity contribution is 5.82. The van der Waals surface area contributed by atoms with E-state index >= 15 is 0 Å². The Labute approximate surface area is 163 Å². The molecule has 7 nitrogen and oxygen atoms in total. The lowest BCUT2D eigenvalue weighted by Gasteiger charge is -2.10. The largest absolute Gasteiger partial charge is 0.465 e. The first kappa shape index (κ1) is 18.3. The van der Waals surface area contributed by atoms with E-state index in [-0.39, 0.29) is 18.0 Å². The van der Waals surface area contributed by atoms with Crippen molar-refractivity contribution in [3.8, 4) is 11.3 Å². The van der Waals surface area contributed by atoms with Gasteiger partial charge in [0.05, 0.1) is 11.7 Å². The zero-order valence-electron chi connectivity index (χ0n) is 15.7. The highest BCUT2D eigenvalue weighted by Crippen LogP contribution is 2.24. The maximum atomic E-state index is 12.4. The van der Waals surface area contributed by atoms with Crippen molar-refractivity contribution in [2.45, 2.75) is 31.8 Å². The molecule has 0 radical (unpaired) electrons. The van der Waals surface area contributed by atoms with Crippen LogP contribution in [-0.2, 0) is 11.2 Å². The number of carbonyl (C=O) groups is 1. The van der Waals surface area contributed by atoms with Gasteiger partial charge in [-0.15, -0.1) is 0 Å². The van der Waals surface area contributed by atoms with Crippen LogP contribution >= 0.6 is 0 Å². The topological polar surface area (TPSA) is 92.1 Å². The molecule has 1 aromatic carbocycles. The number of hydrogen-bond acceptors (Lipinski definition) is 6. The van der Waals surface area contributed by atoms with Crippen molar-refractivity contribution in [2.24, 2.45) is 0 Å². The molecular formula is C21H23N5O2. The third-order valence-electron chi connectivity index (χ3n) is 4.75. The van der Waals surface area contributed by atoms with Gasteiger partial charge in [0.2, 0.25) is 5.91 Å². The summed E-state index contributed by atoms with van der Waals surface area (Å²) in [4.78, 5) is 21.3. The van der Waals surface area contributed by atoms with Crippen LogP contribution in [0.15, 0.2) is 59.1 Å². The van der Waals surface area contributed by atoms with Gasteiger partial charge >= 0.3 is 0 Å². The minimum atomic E-state index is -0.299. The van der Waals surface area contributed by atoms with Crippen molar-refractivity contribution in [1.29, 1.82) is 0 Å². The molecule has 4 rings (SSSR count). The summed E-state index contributed by atoms with van der Waals surface area (Å²) < 4.78 is 5.63. The molecule has 2 atom stereocenters. The SMILES string of the molecule is Cc1ccc(C2CC(C(=O)NCCc3nccc(-c4ccccc4)n3)NN2)o1. The van der Waals surface area contributed by atoms with Gasteiger partial charge in [-0.3, -0.25) is 4.79 Å². The van der Waals surface area contributed by atoms with Gasteiger partial charge in [0.25, 0.3) is 0 Å². The fourth-order valence-corrected chi connectivity index (χ4v) is 3.27. The second-order valence-corrected chi connectivity index (χ2v) is 6.84. The second-order valence-electron chi connectivity index (χ2n) is 6.84. The molecule has 1 aliphatic rings. The lowest BCUT2D eigenvalue weighted by Crippen LogP contribution is -2.43. The molecule has 1 saturated heterocycles. The predicted octanol–water partition coefficient (Wildman–Crippen LogP) is 2.31. The third-order valence-corrected chi connectivity index (χ3v) is 4.75. The maximum absolute atomic E-state index is 12.4. The molecule has 2 unspecified atom stereocenters. The number of nitrogens with one attached hydrogen (secondary N) is 3. The van der Waals surface area contributed by atoms with Crippen LogP contribution in [0.4, 0.5) is 0 Å². The van der Waals surface area contributed by atoms with Gasteiger partial charge in [-0.25, -0.2) is 20.8 Å². The minimum Gasteiger partial charge on any atom is -0.465 e. The Bertz CT molecular complexity index is 941. The molecule has 3 aromatic rings. The monoisotopic (exact) mass is 377 g/mol. The van der Waals surface area contributed by atoms with Crippen LogP contribution in [0.5, 0.6) is 0 Å². The Balaban J connectivity index is 1.28. The second kappa shape index (κ2) is 8.33. The van der Waals surface area contributed by atoms with E-state index in [4.69, 9.17) is 4.42 Å². The number of furan rings is 1. The number of nitrogens with zero attached hydrogens (tertiary/aromatic N) is 2. The molecule has 28 heavy (non-hydrogen) atoms. The Morgan fingerprint density at radius 2 is 2.04 bits per heavy atom. The van der Waals surface area contributed by atoms with Crippen molar-refractivity contribution < 1.29 is 9.21 Å². The molecule has 3 heterocycles. The van der Waals surface area contributed by atoms with Gasteiger partial charge in [0, 0.05) is 24.7 Å². The Kier molecular flexibility index (Phi) is 5.45. The highest BCUT2D eigenvalue weighted by atomic mass is 16.3. The van der Waals surface area contributed by atoms with E-state index in [0.29, 0.717) is 25.2 Å². The van der Waals surface area contributed by atoms with E-state index < -0.39 is 0 Å². The summed E-state index contributed by atoms with van der Waals surface area (Å²) in [5.74, 6) is 2.37. The molecular weight excluding hydrogens is 354 g/mol. The summed E-state index contributed by atoms with van der Waals surface area (Å²) in [5.41, 5.74) is 8.10. The van der Waals surface area contributed by atoms with Gasteiger partial charge in [-0.2, -0.15) is 0 Å². The van der Waals surface area contributed by atoms with E-state index in [0.717, 1.165) is 22.8 Å². The predicted molar refractivity (Wildman–Crippen MR) is 105 cm³/mol. The summed E-state index contributed by atoms with van der Waals surface area (Å²) >= 11 is 0. The van der Waals surface area contributed by atoms with Gasteiger partial charge in [0.1, 0.15) is 23.4 Å². The first-order chi connectivity index (χ1) is 13.7. The van der Waals surface area contributed by atoms with Crippen LogP contribution in [0.25, 0.3) is 11.3 Å². The third kappa shape index (κ3) is 4.27. The van der Waals surface area contributed by atoms with Crippen LogP contribution in [0, 0.1) is 6.92 Å². The number of benzene rings is 1. The quantitative estimate of drug-likeness (QED) is 0.611. The summed E-state index contributed by atoms with van der Waals surface area (Å²) in [5, 5.41) is 2.96. The fraction of sp³-hybridized carbons (Fsp3) is 0.286. The van der Waals surface area contributed by atoms with Crippen LogP contribution in [0.3, 0.4) is 0 Å². The van der Waals surface area contributed by atoms with Gasteiger partial charge < -0.3 is 9.73 Å². The normalized spacial score (nSPS) is 18.9. The van der Waals surface area contributed by atoms with E-state index in [1.165, 1.54) is 0 Å². The molecule has 1 fully saturated rings. The fourth-order valence-electron chi connectivity index (χ4n) is 3.27. The van der Waals surface area contributed by atoms with Crippen molar-refractivity contribution in [3.05, 3.63) is 72.1 Å². The molecule has 2 aromatic heterocycles. The standard InChI is InChI=1S/C21H23N5O2/c1-14-7-8-19(28-14)17-13-18(26-25-17)21(27)23-12-10-20-22-11-9-16(24-20)15-5-3-2-4-6-15/h2-9,11,17-18,25-26H,10,12-13H2,1H3,(H,23,27). The Morgan fingerprint density at radius 3 is 2.82 bits per heavy atom. The van der Waals surface area contributed by atoms with Gasteiger partial charge in [0.15, 0.2) is 0 Å². The van der Waals surface area contributed by atoms with Gasteiger partial charge in [-0.1, -0.05) is 30.3 Å². The molecule has 0 saturated carbocycles. The summed E-state index contributed by atoms with van der Waals surface area (Å²) in [6, 6.07) is 15.4. The van der Waals surface area contributed by atoms with Crippen LogP contribution < -0.4 is 16.2 Å². The zero-order chi connectivity index (χ0) is 19.3. The first-order valence-corrected chi connectivity index (χ1v) is 9.41. The average molecular weight is 377 g/mol. The molecule has 144 valence electrons. The number of rotatable bonds is 6. The zero-order valence-corrected chi connectivity index (χ0v) is 15.7. The van der Waals surface area contributed by atoms with Crippen molar-refractivity contribution in [3.63, 3.8) is 0 Å². The number of aromatic nitrogens is 2. The lowest BCUT2D eigenvalue weighted by atomic mass is 10.1. The minimum absolute atomic E-state index is 0.00432. The number of hydrogen-bond donors (Lipinski definition) is 3. The average Bonchev–Trinajstić information content (AvgIpc) is 3.38. The van der Waals surface area contributed by atoms with E-state index in [2.05, 4.69) is 26.1 Å². The molecule has 3 N–H and O–H groups in total. The van der Waals surface area contributed by atoms with Gasteiger partial charge in [-0.05, 0) is 31.5 Å². The number of carbonyl (C=O) groups excluding carboxylic acids is 1. The van der Waals surface area contributed by atoms with Crippen LogP contribution in [-0.4, -0.2) is 28.5 Å². The Morgan fingerprint density at radius 1 is 1.18 bits per heavy atom. The van der Waals surface area contributed by atoms with E-state index in [1.807, 2.05) is 55.5 Å². The molecule has 1 amide bonds. The van der Waals surface area contributed by atoms with E-state index in [9.17, 15) is 4.79 Å². The smallest absolute Gasteiger partial charge is 0.238 e. The Hall–Kier alpha value is -3.03. The van der Waals surface area contributed by atoms with Crippen LogP contribution in [0.1, 0.15) is 29.8 Å². The first-order valence-electron chi connectivity index (χ1n) is 9.41.